The maximum absolute atomic E-state index is 13.7. The van der Waals surface area contributed by atoms with Gasteiger partial charge in [0.1, 0.15) is 17.5 Å². The van der Waals surface area contributed by atoms with E-state index in [4.69, 9.17) is 11.6 Å². The van der Waals surface area contributed by atoms with Crippen molar-refractivity contribution in [3.63, 3.8) is 0 Å². The van der Waals surface area contributed by atoms with E-state index >= 15 is 0 Å². The number of likely N-dealkylation sites (N-methyl/N-ethyl adjacent to an activating group) is 1. The summed E-state index contributed by atoms with van der Waals surface area (Å²) in [6, 6.07) is 7.44. The zero-order chi connectivity index (χ0) is 15.4. The van der Waals surface area contributed by atoms with E-state index in [2.05, 4.69) is 5.32 Å². The largest absolute Gasteiger partial charge is 0.310 e. The predicted octanol–water partition coefficient (Wildman–Crippen LogP) is 4.65. The molecule has 21 heavy (non-hydrogen) atoms. The Balaban J connectivity index is 2.30. The molecule has 1 N–H and O–H groups in total. The van der Waals surface area contributed by atoms with Crippen LogP contribution in [0.25, 0.3) is 0 Å². The topological polar surface area (TPSA) is 12.0 Å². The van der Waals surface area contributed by atoms with Crippen LogP contribution in [0, 0.1) is 17.5 Å². The Morgan fingerprint density at radius 2 is 1.76 bits per heavy atom. The van der Waals surface area contributed by atoms with Gasteiger partial charge in [0.15, 0.2) is 0 Å². The van der Waals surface area contributed by atoms with Gasteiger partial charge in [-0.1, -0.05) is 24.6 Å². The molecule has 0 aliphatic rings. The van der Waals surface area contributed by atoms with Gasteiger partial charge in [0.2, 0.25) is 0 Å². The van der Waals surface area contributed by atoms with E-state index in [9.17, 15) is 13.2 Å². The molecule has 0 fully saturated rings. The second kappa shape index (κ2) is 6.96. The molecule has 1 unspecified atom stereocenters. The molecule has 1 atom stereocenters. The van der Waals surface area contributed by atoms with E-state index in [1.54, 1.807) is 6.07 Å². The molecule has 5 heteroatoms. The molecule has 0 saturated carbocycles. The van der Waals surface area contributed by atoms with Crippen molar-refractivity contribution in [1.82, 2.24) is 5.32 Å². The molecule has 1 nitrogen and oxygen atoms in total. The minimum Gasteiger partial charge on any atom is -0.310 e. The number of hydrogen-bond donors (Lipinski definition) is 1. The molecule has 0 spiro atoms. The molecule has 2 aromatic rings. The number of hydrogen-bond acceptors (Lipinski definition) is 1. The van der Waals surface area contributed by atoms with Gasteiger partial charge >= 0.3 is 0 Å². The van der Waals surface area contributed by atoms with Crippen molar-refractivity contribution < 1.29 is 13.2 Å². The minimum absolute atomic E-state index is 0.00937. The summed E-state index contributed by atoms with van der Waals surface area (Å²) >= 11 is 5.78. The quantitative estimate of drug-likeness (QED) is 0.847. The van der Waals surface area contributed by atoms with E-state index in [1.807, 2.05) is 6.92 Å². The average Bonchev–Trinajstić information content (AvgIpc) is 2.45. The molecular weight excluding hydrogens is 299 g/mol. The van der Waals surface area contributed by atoms with Crippen molar-refractivity contribution in [2.45, 2.75) is 19.4 Å². The number of benzene rings is 2. The van der Waals surface area contributed by atoms with Gasteiger partial charge in [-0.05, 0) is 54.4 Å². The van der Waals surface area contributed by atoms with Crippen molar-refractivity contribution in [2.75, 3.05) is 6.54 Å². The normalized spacial score (nSPS) is 12.4. The highest BCUT2D eigenvalue weighted by Crippen LogP contribution is 2.25. The summed E-state index contributed by atoms with van der Waals surface area (Å²) in [7, 11) is 0. The lowest BCUT2D eigenvalue weighted by molar-refractivity contribution is 0.521. The van der Waals surface area contributed by atoms with Gasteiger partial charge in [-0.25, -0.2) is 13.2 Å². The first-order valence-electron chi connectivity index (χ1n) is 6.63. The summed E-state index contributed by atoms with van der Waals surface area (Å²) in [4.78, 5) is 0. The second-order valence-electron chi connectivity index (χ2n) is 4.72. The summed E-state index contributed by atoms with van der Waals surface area (Å²) < 4.78 is 40.2. The highest BCUT2D eigenvalue weighted by Gasteiger charge is 2.15. The first-order valence-corrected chi connectivity index (χ1v) is 7.01. The third kappa shape index (κ3) is 3.99. The lowest BCUT2D eigenvalue weighted by atomic mass is 9.98. The lowest BCUT2D eigenvalue weighted by Gasteiger charge is -2.19. The molecule has 0 radical (unpaired) electrons. The lowest BCUT2D eigenvalue weighted by Crippen LogP contribution is -2.23. The number of rotatable bonds is 5. The van der Waals surface area contributed by atoms with Gasteiger partial charge in [-0.15, -0.1) is 0 Å². The fraction of sp³-hybridized carbons (Fsp3) is 0.250. The van der Waals surface area contributed by atoms with Crippen LogP contribution in [0.15, 0.2) is 36.4 Å². The third-order valence-corrected chi connectivity index (χ3v) is 3.52. The minimum atomic E-state index is -0.507. The van der Waals surface area contributed by atoms with Crippen LogP contribution in [-0.2, 0) is 6.42 Å². The zero-order valence-electron chi connectivity index (χ0n) is 11.5. The van der Waals surface area contributed by atoms with E-state index in [-0.39, 0.29) is 23.0 Å². The molecule has 2 aromatic carbocycles. The Hall–Kier alpha value is -1.52. The molecule has 112 valence electrons. The SMILES string of the molecule is CCNC(Cc1cc(F)ccc1F)c1ccc(F)c(Cl)c1. The van der Waals surface area contributed by atoms with Crippen LogP contribution < -0.4 is 5.32 Å². The third-order valence-electron chi connectivity index (χ3n) is 3.23. The Bertz CT molecular complexity index is 631. The van der Waals surface area contributed by atoms with Crippen LogP contribution in [-0.4, -0.2) is 6.54 Å². The van der Waals surface area contributed by atoms with E-state index in [1.165, 1.54) is 18.2 Å². The summed E-state index contributed by atoms with van der Waals surface area (Å²) in [5.41, 5.74) is 0.994. The molecule has 0 bridgehead atoms. The van der Waals surface area contributed by atoms with E-state index in [0.29, 0.717) is 6.54 Å². The van der Waals surface area contributed by atoms with Crippen molar-refractivity contribution in [3.8, 4) is 0 Å². The van der Waals surface area contributed by atoms with Crippen LogP contribution in [0.3, 0.4) is 0 Å². The maximum Gasteiger partial charge on any atom is 0.141 e. The molecule has 0 aromatic heterocycles. The number of halogens is 4. The average molecular weight is 314 g/mol. The maximum atomic E-state index is 13.7. The molecule has 0 aliphatic carbocycles. The fourth-order valence-corrected chi connectivity index (χ4v) is 2.39. The van der Waals surface area contributed by atoms with E-state index in [0.717, 1.165) is 17.7 Å². The first kappa shape index (κ1) is 15.9. The smallest absolute Gasteiger partial charge is 0.141 e. The summed E-state index contributed by atoms with van der Waals surface area (Å²) in [5.74, 6) is -1.46. The molecule has 0 heterocycles. The molecule has 0 saturated heterocycles. The molecule has 0 amide bonds. The van der Waals surface area contributed by atoms with Crippen molar-refractivity contribution >= 4 is 11.6 Å². The first-order chi connectivity index (χ1) is 10.0. The predicted molar refractivity (Wildman–Crippen MR) is 77.9 cm³/mol. The van der Waals surface area contributed by atoms with Gasteiger partial charge in [0, 0.05) is 6.04 Å². The van der Waals surface area contributed by atoms with Crippen molar-refractivity contribution in [1.29, 1.82) is 0 Å². The summed E-state index contributed by atoms with van der Waals surface area (Å²) in [6.07, 6.45) is 0.249. The molecule has 0 aliphatic heterocycles. The van der Waals surface area contributed by atoms with Crippen molar-refractivity contribution in [3.05, 3.63) is 70.0 Å². The van der Waals surface area contributed by atoms with Gasteiger partial charge in [0.25, 0.3) is 0 Å². The van der Waals surface area contributed by atoms with Crippen LogP contribution in [0.2, 0.25) is 5.02 Å². The summed E-state index contributed by atoms with van der Waals surface area (Å²) in [6.45, 7) is 2.54. The van der Waals surface area contributed by atoms with Crippen molar-refractivity contribution in [2.24, 2.45) is 0 Å². The fourth-order valence-electron chi connectivity index (χ4n) is 2.20. The second-order valence-corrected chi connectivity index (χ2v) is 5.13. The monoisotopic (exact) mass is 313 g/mol. The van der Waals surface area contributed by atoms with E-state index < -0.39 is 17.5 Å². The molecular formula is C16H15ClF3N. The van der Waals surface area contributed by atoms with Crippen LogP contribution in [0.5, 0.6) is 0 Å². The highest BCUT2D eigenvalue weighted by molar-refractivity contribution is 6.30. The molecule has 2 rings (SSSR count). The Labute approximate surface area is 126 Å². The number of nitrogens with one attached hydrogen (secondary N) is 1. The van der Waals surface area contributed by atoms with Gasteiger partial charge in [0.05, 0.1) is 5.02 Å². The van der Waals surface area contributed by atoms with Gasteiger partial charge in [-0.3, -0.25) is 0 Å². The standard InChI is InChI=1S/C16H15ClF3N/c1-2-21-16(10-3-5-15(20)13(17)8-10)9-11-7-12(18)4-6-14(11)19/h3-8,16,21H,2,9H2,1H3. The Morgan fingerprint density at radius 1 is 1.05 bits per heavy atom. The van der Waals surface area contributed by atoms with Crippen LogP contribution in [0.4, 0.5) is 13.2 Å². The van der Waals surface area contributed by atoms with Crippen LogP contribution in [0.1, 0.15) is 24.1 Å². The van der Waals surface area contributed by atoms with Gasteiger partial charge in [-0.2, -0.15) is 0 Å². The summed E-state index contributed by atoms with van der Waals surface area (Å²) in [5, 5.41) is 3.18. The zero-order valence-corrected chi connectivity index (χ0v) is 12.2. The Kier molecular flexibility index (Phi) is 5.26. The van der Waals surface area contributed by atoms with Gasteiger partial charge < -0.3 is 5.32 Å². The Morgan fingerprint density at radius 3 is 2.43 bits per heavy atom. The highest BCUT2D eigenvalue weighted by atomic mass is 35.5. The van der Waals surface area contributed by atoms with Crippen LogP contribution >= 0.6 is 11.6 Å².